The van der Waals surface area contributed by atoms with Gasteiger partial charge in [0.1, 0.15) is 42.5 Å². The number of aromatic nitrogens is 3. The summed E-state index contributed by atoms with van der Waals surface area (Å²) in [6.07, 6.45) is -2.67. The van der Waals surface area contributed by atoms with Crippen molar-refractivity contribution in [3.63, 3.8) is 0 Å². The molecule has 1 aliphatic heterocycles. The monoisotopic (exact) mass is 529 g/mol. The van der Waals surface area contributed by atoms with Gasteiger partial charge in [0.15, 0.2) is 6.23 Å². The van der Waals surface area contributed by atoms with Crippen molar-refractivity contribution in [1.29, 1.82) is 0 Å². The van der Waals surface area contributed by atoms with Crippen molar-refractivity contribution < 1.29 is 42.5 Å². The average molecular weight is 529 g/mol. The minimum atomic E-state index is -4.38. The number of hydrogen-bond donors (Lipinski definition) is 6. The number of ether oxygens (including phenoxy) is 2. The van der Waals surface area contributed by atoms with E-state index in [0.29, 0.717) is 23.4 Å². The summed E-state index contributed by atoms with van der Waals surface area (Å²) in [6, 6.07) is 7.75. The largest absolute Gasteiger partial charge is 0.387 e. The number of nitrogens with one attached hydrogen (secondary N) is 1. The summed E-state index contributed by atoms with van der Waals surface area (Å²) in [4.78, 5) is 26.3. The Morgan fingerprint density at radius 2 is 1.86 bits per heavy atom. The van der Waals surface area contributed by atoms with Crippen molar-refractivity contribution >= 4 is 34.5 Å². The normalized spacial score (nSPS) is 23.1. The first-order valence-electron chi connectivity index (χ1n) is 10.2. The first kappa shape index (κ1) is 25.6. The van der Waals surface area contributed by atoms with Crippen molar-refractivity contribution in [3.8, 4) is 0 Å². The van der Waals surface area contributed by atoms with E-state index in [9.17, 15) is 23.2 Å². The number of nitrogens with two attached hydrogens (primary N) is 1. The van der Waals surface area contributed by atoms with Crippen LogP contribution < -0.4 is 10.5 Å². The lowest BCUT2D eigenvalue weighted by Gasteiger charge is -2.17. The van der Waals surface area contributed by atoms with Crippen LogP contribution >= 0.6 is 7.60 Å². The molecule has 1 saturated heterocycles. The molecular formula is C19H24N5O9PS. The number of benzene rings is 1. The van der Waals surface area contributed by atoms with Crippen LogP contribution in [0.15, 0.2) is 47.8 Å². The molecule has 0 bridgehead atoms. The van der Waals surface area contributed by atoms with Crippen LogP contribution in [0.5, 0.6) is 0 Å². The smallest absolute Gasteiger partial charge is 0.350 e. The highest BCUT2D eigenvalue weighted by Crippen LogP contribution is 2.36. The van der Waals surface area contributed by atoms with Gasteiger partial charge in [0, 0.05) is 12.7 Å². The Bertz CT molecular complexity index is 1340. The molecule has 0 amide bonds. The third kappa shape index (κ3) is 5.86. The van der Waals surface area contributed by atoms with E-state index in [0.717, 1.165) is 5.56 Å². The average Bonchev–Trinajstić information content (AvgIpc) is 3.33. The van der Waals surface area contributed by atoms with Crippen LogP contribution in [0.4, 0.5) is 5.82 Å². The van der Waals surface area contributed by atoms with Gasteiger partial charge in [0.05, 0.1) is 16.9 Å². The Labute approximate surface area is 199 Å². The summed E-state index contributed by atoms with van der Waals surface area (Å²) in [5.41, 5.74) is 1.18. The molecule has 190 valence electrons. The number of sulfonamides is 1. The van der Waals surface area contributed by atoms with Crippen LogP contribution in [0.3, 0.4) is 0 Å². The second-order valence-corrected chi connectivity index (χ2v) is 11.1. The minimum Gasteiger partial charge on any atom is -0.387 e. The number of aliphatic hydroxyl groups is 2. The van der Waals surface area contributed by atoms with Gasteiger partial charge in [0.2, 0.25) is 10.0 Å². The molecule has 1 aliphatic rings. The number of anilines is 1. The molecule has 1 aromatic carbocycles. The van der Waals surface area contributed by atoms with Crippen LogP contribution in [-0.2, 0) is 30.6 Å². The molecular weight excluding hydrogens is 505 g/mol. The predicted octanol–water partition coefficient (Wildman–Crippen LogP) is -0.538. The van der Waals surface area contributed by atoms with Gasteiger partial charge < -0.3 is 39.4 Å². The molecule has 0 aliphatic carbocycles. The van der Waals surface area contributed by atoms with Gasteiger partial charge in [-0.15, -0.1) is 0 Å². The lowest BCUT2D eigenvalue weighted by molar-refractivity contribution is -0.0610. The van der Waals surface area contributed by atoms with Gasteiger partial charge in [-0.25, -0.2) is 23.5 Å². The van der Waals surface area contributed by atoms with E-state index in [2.05, 4.69) is 15.3 Å². The van der Waals surface area contributed by atoms with Gasteiger partial charge in [-0.2, -0.15) is 0 Å². The fourth-order valence-corrected chi connectivity index (χ4v) is 4.54. The molecule has 7 N–H and O–H groups in total. The Balaban J connectivity index is 1.48. The molecule has 0 spiro atoms. The fourth-order valence-electron chi connectivity index (χ4n) is 3.68. The van der Waals surface area contributed by atoms with Gasteiger partial charge in [-0.05, 0) is 23.8 Å². The molecule has 0 unspecified atom stereocenters. The summed E-state index contributed by atoms with van der Waals surface area (Å²) in [5.74, 6) is 0.471. The lowest BCUT2D eigenvalue weighted by atomic mass is 10.1. The van der Waals surface area contributed by atoms with E-state index < -0.39 is 48.5 Å². The number of aliphatic hydroxyl groups excluding tert-OH is 2. The summed E-state index contributed by atoms with van der Waals surface area (Å²) in [7, 11) is -8.16. The van der Waals surface area contributed by atoms with E-state index in [1.807, 2.05) is 0 Å². The first-order valence-corrected chi connectivity index (χ1v) is 13.6. The molecule has 1 fully saturated rings. The maximum absolute atomic E-state index is 11.4. The molecule has 35 heavy (non-hydrogen) atoms. The van der Waals surface area contributed by atoms with Crippen molar-refractivity contribution in [2.24, 2.45) is 5.14 Å². The highest BCUT2D eigenvalue weighted by atomic mass is 32.2. The third-order valence-electron chi connectivity index (χ3n) is 5.37. The first-order chi connectivity index (χ1) is 16.4. The van der Waals surface area contributed by atoms with Crippen LogP contribution in [0.1, 0.15) is 11.8 Å². The zero-order chi connectivity index (χ0) is 25.4. The summed E-state index contributed by atoms with van der Waals surface area (Å²) in [5, 5.41) is 29.7. The van der Waals surface area contributed by atoms with Crippen molar-refractivity contribution in [1.82, 2.24) is 14.5 Å². The van der Waals surface area contributed by atoms with Crippen molar-refractivity contribution in [2.75, 3.05) is 18.3 Å². The highest BCUT2D eigenvalue weighted by Gasteiger charge is 2.44. The van der Waals surface area contributed by atoms with E-state index >= 15 is 0 Å². The van der Waals surface area contributed by atoms with E-state index in [1.165, 1.54) is 23.0 Å². The number of fused-ring (bicyclic) bond motifs is 1. The predicted molar refractivity (Wildman–Crippen MR) is 121 cm³/mol. The topological polar surface area (TPSA) is 219 Å². The summed E-state index contributed by atoms with van der Waals surface area (Å²) >= 11 is 0. The van der Waals surface area contributed by atoms with Crippen LogP contribution in [0.2, 0.25) is 0 Å². The number of rotatable bonds is 9. The van der Waals surface area contributed by atoms with Gasteiger partial charge >= 0.3 is 7.60 Å². The number of nitrogens with zero attached hydrogens (tertiary/aromatic N) is 3. The molecule has 0 saturated carbocycles. The maximum Gasteiger partial charge on any atom is 0.350 e. The number of primary sulfonamides is 1. The molecule has 4 atom stereocenters. The standard InChI is InChI=1S/C19H24N5O9PS/c20-35(30,31)12-3-1-11(2-4-12)7-21-17-13-5-6-24(18(13)23-9-22-17)19-16(26)15(25)14(33-19)8-32-10-34(27,28)29/h1-6,9,14-16,19,25-26H,7-8,10H2,(H2,20,30,31)(H,21,22,23)(H2,27,28,29)/t14-,15-,16-,19-/m1/s1. The van der Waals surface area contributed by atoms with E-state index in [-0.39, 0.29) is 11.5 Å². The third-order valence-corrected chi connectivity index (χ3v) is 6.82. The molecule has 14 nitrogen and oxygen atoms in total. The molecule has 0 radical (unpaired) electrons. The summed E-state index contributed by atoms with van der Waals surface area (Å²) in [6.45, 7) is -0.00643. The van der Waals surface area contributed by atoms with Crippen molar-refractivity contribution in [3.05, 3.63) is 48.4 Å². The quantitative estimate of drug-likeness (QED) is 0.193. The van der Waals surface area contributed by atoms with Crippen LogP contribution in [0, 0.1) is 0 Å². The Kier molecular flexibility index (Phi) is 7.24. The van der Waals surface area contributed by atoms with Crippen LogP contribution in [-0.4, -0.2) is 74.2 Å². The highest BCUT2D eigenvalue weighted by molar-refractivity contribution is 7.89. The molecule has 3 aromatic rings. The maximum atomic E-state index is 11.4. The zero-order valence-electron chi connectivity index (χ0n) is 18.1. The number of hydrogen-bond acceptors (Lipinski definition) is 10. The van der Waals surface area contributed by atoms with Gasteiger partial charge in [0.25, 0.3) is 0 Å². The second-order valence-electron chi connectivity index (χ2n) is 7.94. The van der Waals surface area contributed by atoms with Crippen LogP contribution in [0.25, 0.3) is 11.0 Å². The SMILES string of the molecule is NS(=O)(=O)c1ccc(CNc2ncnc3c2ccn3[C@@H]2O[C@H](COCP(=O)(O)O)[C@@H](O)[C@H]2O)cc1. The Hall–Kier alpha value is -2.46. The van der Waals surface area contributed by atoms with E-state index in [1.54, 1.807) is 24.4 Å². The fraction of sp³-hybridized carbons (Fsp3) is 0.368. The Morgan fingerprint density at radius 1 is 1.14 bits per heavy atom. The summed E-state index contributed by atoms with van der Waals surface area (Å²) < 4.78 is 45.9. The zero-order valence-corrected chi connectivity index (χ0v) is 19.8. The van der Waals surface area contributed by atoms with Crippen molar-refractivity contribution in [2.45, 2.75) is 36.0 Å². The van der Waals surface area contributed by atoms with Gasteiger partial charge in [-0.1, -0.05) is 12.1 Å². The lowest BCUT2D eigenvalue weighted by Crippen LogP contribution is -2.33. The minimum absolute atomic E-state index is 0.00509. The second kappa shape index (κ2) is 9.89. The molecule has 3 heterocycles. The van der Waals surface area contributed by atoms with Gasteiger partial charge in [-0.3, -0.25) is 4.57 Å². The molecule has 2 aromatic heterocycles. The molecule has 16 heteroatoms. The molecule has 4 rings (SSSR count). The van der Waals surface area contributed by atoms with E-state index in [4.69, 9.17) is 24.4 Å². The Morgan fingerprint density at radius 3 is 2.51 bits per heavy atom.